The number of hydrogen-bond acceptors (Lipinski definition) is 0. The van der Waals surface area contributed by atoms with Gasteiger partial charge in [0, 0.05) is 0 Å². The maximum atomic E-state index is 2.40. The maximum Gasteiger partial charge on any atom is -0.00261 e. The molecule has 0 aliphatic carbocycles. The monoisotopic (exact) mass is 484 g/mol. The molecule has 0 amide bonds. The molecule has 38 heavy (non-hydrogen) atoms. The molecule has 0 aliphatic heterocycles. The van der Waals surface area contributed by atoms with E-state index in [4.69, 9.17) is 0 Å². The number of fused-ring (bicyclic) bond motifs is 3. The summed E-state index contributed by atoms with van der Waals surface area (Å²) in [6.45, 7) is 2.21. The highest BCUT2D eigenvalue weighted by atomic mass is 14.2. The minimum atomic E-state index is 1.05. The lowest BCUT2D eigenvalue weighted by Crippen LogP contribution is -1.91. The third-order valence-corrected chi connectivity index (χ3v) is 7.84. The van der Waals surface area contributed by atoms with Crippen LogP contribution in [0.1, 0.15) is 12.5 Å². The largest absolute Gasteiger partial charge is 0.0622 e. The molecule has 0 radical (unpaired) electrons. The van der Waals surface area contributed by atoms with Crippen LogP contribution in [0.15, 0.2) is 140 Å². The molecule has 7 aromatic carbocycles. The van der Waals surface area contributed by atoms with Crippen molar-refractivity contribution in [1.29, 1.82) is 0 Å². The number of benzene rings is 7. The first-order valence-corrected chi connectivity index (χ1v) is 13.4. The zero-order valence-corrected chi connectivity index (χ0v) is 21.5. The van der Waals surface area contributed by atoms with E-state index >= 15 is 0 Å². The molecule has 7 aromatic rings. The zero-order valence-electron chi connectivity index (χ0n) is 21.5. The summed E-state index contributed by atoms with van der Waals surface area (Å²) in [6.07, 6.45) is 1.05. The Labute approximate surface area is 223 Å². The molecule has 0 saturated carbocycles. The molecule has 0 heterocycles. The van der Waals surface area contributed by atoms with E-state index in [0.29, 0.717) is 0 Å². The van der Waals surface area contributed by atoms with E-state index in [-0.39, 0.29) is 0 Å². The van der Waals surface area contributed by atoms with E-state index in [2.05, 4.69) is 146 Å². The Morgan fingerprint density at radius 1 is 0.395 bits per heavy atom. The smallest absolute Gasteiger partial charge is 0.00261 e. The lowest BCUT2D eigenvalue weighted by atomic mass is 9.85. The van der Waals surface area contributed by atoms with E-state index < -0.39 is 0 Å². The van der Waals surface area contributed by atoms with Crippen LogP contribution in [-0.2, 0) is 6.42 Å². The van der Waals surface area contributed by atoms with Gasteiger partial charge in [-0.25, -0.2) is 0 Å². The highest BCUT2D eigenvalue weighted by Gasteiger charge is 2.17. The highest BCUT2D eigenvalue weighted by Crippen LogP contribution is 2.44. The lowest BCUT2D eigenvalue weighted by molar-refractivity contribution is 1.14. The SMILES string of the molecule is CCc1ccc(-c2cccc3ccc(-c4c5ccccc5c(-c5ccccc5)c5ccccc45)cc23)cc1. The van der Waals surface area contributed by atoms with Crippen molar-refractivity contribution in [2.24, 2.45) is 0 Å². The van der Waals surface area contributed by atoms with E-state index in [1.165, 1.54) is 71.3 Å². The Morgan fingerprint density at radius 2 is 0.947 bits per heavy atom. The van der Waals surface area contributed by atoms with Crippen molar-refractivity contribution in [3.63, 3.8) is 0 Å². The molecule has 0 nitrogen and oxygen atoms in total. The van der Waals surface area contributed by atoms with Crippen LogP contribution >= 0.6 is 0 Å². The van der Waals surface area contributed by atoms with Gasteiger partial charge in [0.25, 0.3) is 0 Å². The van der Waals surface area contributed by atoms with Crippen molar-refractivity contribution in [3.8, 4) is 33.4 Å². The van der Waals surface area contributed by atoms with Gasteiger partial charge in [0.15, 0.2) is 0 Å². The first-order valence-electron chi connectivity index (χ1n) is 13.4. The average Bonchev–Trinajstić information content (AvgIpc) is 2.99. The third-order valence-electron chi connectivity index (χ3n) is 7.84. The minimum absolute atomic E-state index is 1.05. The molecule has 0 bridgehead atoms. The van der Waals surface area contributed by atoms with Crippen molar-refractivity contribution in [2.45, 2.75) is 13.3 Å². The van der Waals surface area contributed by atoms with Crippen LogP contribution in [0.25, 0.3) is 65.7 Å². The molecule has 0 N–H and O–H groups in total. The molecule has 0 saturated heterocycles. The minimum Gasteiger partial charge on any atom is -0.0622 e. The summed E-state index contributed by atoms with van der Waals surface area (Å²) in [4.78, 5) is 0. The van der Waals surface area contributed by atoms with Crippen molar-refractivity contribution >= 4 is 32.3 Å². The van der Waals surface area contributed by atoms with Gasteiger partial charge in [-0.2, -0.15) is 0 Å². The second-order valence-electron chi connectivity index (χ2n) is 10.00. The summed E-state index contributed by atoms with van der Waals surface area (Å²) in [5.74, 6) is 0. The van der Waals surface area contributed by atoms with E-state index in [1.807, 2.05) is 0 Å². The van der Waals surface area contributed by atoms with Crippen LogP contribution < -0.4 is 0 Å². The standard InChI is InChI=1S/C38H28/c1-2-26-19-21-28(22-20-26)31-18-10-13-27-23-24-30(25-36(27)31)38-34-16-8-6-14-32(34)37(29-11-4-3-5-12-29)33-15-7-9-17-35(33)38/h3-25H,2H2,1H3. The van der Waals surface area contributed by atoms with Gasteiger partial charge in [-0.1, -0.05) is 140 Å². The van der Waals surface area contributed by atoms with Crippen LogP contribution in [0, 0.1) is 0 Å². The van der Waals surface area contributed by atoms with Gasteiger partial charge in [-0.05, 0) is 83.7 Å². The van der Waals surface area contributed by atoms with Crippen molar-refractivity contribution < 1.29 is 0 Å². The van der Waals surface area contributed by atoms with Gasteiger partial charge in [0.05, 0.1) is 0 Å². The predicted octanol–water partition coefficient (Wildman–Crippen LogP) is 10.7. The Bertz CT molecular complexity index is 1870. The Hall–Kier alpha value is -4.68. The maximum absolute atomic E-state index is 2.40. The van der Waals surface area contributed by atoms with E-state index in [9.17, 15) is 0 Å². The second kappa shape index (κ2) is 9.32. The van der Waals surface area contributed by atoms with Gasteiger partial charge >= 0.3 is 0 Å². The third kappa shape index (κ3) is 3.69. The summed E-state index contributed by atoms with van der Waals surface area (Å²) in [5, 5.41) is 7.70. The van der Waals surface area contributed by atoms with E-state index in [1.54, 1.807) is 0 Å². The molecule has 0 aliphatic rings. The average molecular weight is 485 g/mol. The molecule has 0 spiro atoms. The summed E-state index contributed by atoms with van der Waals surface area (Å²) >= 11 is 0. The molecular weight excluding hydrogens is 456 g/mol. The first kappa shape index (κ1) is 22.5. The fourth-order valence-electron chi connectivity index (χ4n) is 5.96. The van der Waals surface area contributed by atoms with Crippen LogP contribution in [0.5, 0.6) is 0 Å². The number of aryl methyl sites for hydroxylation is 1. The lowest BCUT2D eigenvalue weighted by Gasteiger charge is -2.18. The van der Waals surface area contributed by atoms with Crippen molar-refractivity contribution in [3.05, 3.63) is 145 Å². The van der Waals surface area contributed by atoms with Crippen molar-refractivity contribution in [1.82, 2.24) is 0 Å². The van der Waals surface area contributed by atoms with Crippen LogP contribution in [0.3, 0.4) is 0 Å². The number of rotatable bonds is 4. The molecule has 0 fully saturated rings. The zero-order chi connectivity index (χ0) is 25.5. The van der Waals surface area contributed by atoms with Gasteiger partial charge < -0.3 is 0 Å². The second-order valence-corrected chi connectivity index (χ2v) is 10.00. The van der Waals surface area contributed by atoms with Crippen LogP contribution in [-0.4, -0.2) is 0 Å². The van der Waals surface area contributed by atoms with Gasteiger partial charge in [-0.15, -0.1) is 0 Å². The Morgan fingerprint density at radius 3 is 1.55 bits per heavy atom. The van der Waals surface area contributed by atoms with Gasteiger partial charge in [0.1, 0.15) is 0 Å². The summed E-state index contributed by atoms with van der Waals surface area (Å²) in [5.41, 5.74) is 9.02. The fourth-order valence-corrected chi connectivity index (χ4v) is 5.96. The van der Waals surface area contributed by atoms with Gasteiger partial charge in [0.2, 0.25) is 0 Å². The Balaban J connectivity index is 1.54. The molecule has 0 heteroatoms. The highest BCUT2D eigenvalue weighted by molar-refractivity contribution is 6.21. The summed E-state index contributed by atoms with van der Waals surface area (Å²) in [6, 6.07) is 51.2. The molecule has 0 atom stereocenters. The predicted molar refractivity (Wildman–Crippen MR) is 165 cm³/mol. The quantitative estimate of drug-likeness (QED) is 0.218. The van der Waals surface area contributed by atoms with Gasteiger partial charge in [-0.3, -0.25) is 0 Å². The summed E-state index contributed by atoms with van der Waals surface area (Å²) < 4.78 is 0. The first-order chi connectivity index (χ1) is 18.8. The molecule has 180 valence electrons. The molecule has 0 aromatic heterocycles. The molecule has 0 unspecified atom stereocenters. The van der Waals surface area contributed by atoms with Crippen molar-refractivity contribution in [2.75, 3.05) is 0 Å². The molecular formula is C38H28. The topological polar surface area (TPSA) is 0 Å². The number of hydrogen-bond donors (Lipinski definition) is 0. The summed E-state index contributed by atoms with van der Waals surface area (Å²) in [7, 11) is 0. The van der Waals surface area contributed by atoms with Crippen LogP contribution in [0.2, 0.25) is 0 Å². The van der Waals surface area contributed by atoms with Crippen LogP contribution in [0.4, 0.5) is 0 Å². The fraction of sp³-hybridized carbons (Fsp3) is 0.0526. The Kier molecular flexibility index (Phi) is 5.52. The normalized spacial score (nSPS) is 11.4. The van der Waals surface area contributed by atoms with E-state index in [0.717, 1.165) is 6.42 Å². The molecule has 7 rings (SSSR count).